The number of thiocarbonyl (C=S) groups is 1. The molecule has 0 aromatic heterocycles. The molecular weight excluding hydrogens is 775 g/mol. The Morgan fingerprint density at radius 1 is 0.909 bits per heavy atom. The molecule has 10 nitrogen and oxygen atoms in total. The van der Waals surface area contributed by atoms with E-state index in [0.717, 1.165) is 16.7 Å². The largest absolute Gasteiger partial charge is 0.483 e. The first-order chi connectivity index (χ1) is 25.8. The van der Waals surface area contributed by atoms with E-state index < -0.39 is 53.4 Å². The third kappa shape index (κ3) is 10.4. The molecule has 3 aromatic carbocycles. The van der Waals surface area contributed by atoms with Gasteiger partial charge in [-0.2, -0.15) is 26.3 Å². The Balaban J connectivity index is 1.40. The molecular formula is C37H34F6N4O6S2. The Labute approximate surface area is 321 Å². The maximum Gasteiger partial charge on any atom is 0.416 e. The molecule has 3 amide bonds. The summed E-state index contributed by atoms with van der Waals surface area (Å²) in [6.07, 6.45) is -9.06. The first-order valence-electron chi connectivity index (χ1n) is 16.8. The maximum absolute atomic E-state index is 13.7. The number of aromatic carboxylic acids is 1. The van der Waals surface area contributed by atoms with Crippen LogP contribution in [0.1, 0.15) is 47.3 Å². The SMILES string of the molecule is CC(C)N1CCN(C(=O)COc2ccc(-c3cc(C(F)(F)F)cc(C(F)(F)F)c3)cc2C=C2SC(=S)N(CCC(=O)Nc3ccc(C(=O)O)cc3)C2=O)CC1. The zero-order chi connectivity index (χ0) is 40.2. The second-order valence-electron chi connectivity index (χ2n) is 12.9. The third-order valence-corrected chi connectivity index (χ3v) is 10.2. The normalized spacial score (nSPS) is 16.3. The lowest BCUT2D eigenvalue weighted by Crippen LogP contribution is -2.51. The van der Waals surface area contributed by atoms with E-state index >= 15 is 0 Å². The predicted molar refractivity (Wildman–Crippen MR) is 197 cm³/mol. The summed E-state index contributed by atoms with van der Waals surface area (Å²) in [4.78, 5) is 55.3. The van der Waals surface area contributed by atoms with E-state index in [-0.39, 0.29) is 56.6 Å². The van der Waals surface area contributed by atoms with Crippen LogP contribution in [0.15, 0.2) is 65.6 Å². The van der Waals surface area contributed by atoms with E-state index in [2.05, 4.69) is 10.2 Å². The van der Waals surface area contributed by atoms with Gasteiger partial charge < -0.3 is 20.1 Å². The van der Waals surface area contributed by atoms with E-state index in [9.17, 15) is 45.5 Å². The summed E-state index contributed by atoms with van der Waals surface area (Å²) in [5.74, 6) is -2.57. The van der Waals surface area contributed by atoms with Crippen LogP contribution in [0.5, 0.6) is 5.75 Å². The van der Waals surface area contributed by atoms with Gasteiger partial charge in [0.15, 0.2) is 6.61 Å². The minimum atomic E-state index is -5.08. The van der Waals surface area contributed by atoms with E-state index in [0.29, 0.717) is 50.0 Å². The highest BCUT2D eigenvalue weighted by atomic mass is 32.2. The van der Waals surface area contributed by atoms with Gasteiger partial charge in [-0.25, -0.2) is 4.79 Å². The number of nitrogens with zero attached hydrogens (tertiary/aromatic N) is 3. The minimum Gasteiger partial charge on any atom is -0.483 e. The van der Waals surface area contributed by atoms with E-state index in [1.54, 1.807) is 4.90 Å². The van der Waals surface area contributed by atoms with Crippen molar-refractivity contribution in [1.82, 2.24) is 14.7 Å². The zero-order valence-electron chi connectivity index (χ0n) is 29.3. The molecule has 2 N–H and O–H groups in total. The fraction of sp³-hybridized carbons (Fsp3) is 0.324. The summed E-state index contributed by atoms with van der Waals surface area (Å²) < 4.78 is 88.1. The van der Waals surface area contributed by atoms with Crippen molar-refractivity contribution >= 4 is 63.8 Å². The summed E-state index contributed by atoms with van der Waals surface area (Å²) >= 11 is 6.25. The number of carboxylic acid groups (broad SMARTS) is 1. The molecule has 0 aliphatic carbocycles. The van der Waals surface area contributed by atoms with Crippen molar-refractivity contribution in [3.05, 3.63) is 87.8 Å². The zero-order valence-corrected chi connectivity index (χ0v) is 30.9. The number of carboxylic acids is 1. The number of rotatable bonds is 11. The number of benzene rings is 3. The number of ether oxygens (including phenoxy) is 1. The molecule has 2 heterocycles. The quantitative estimate of drug-likeness (QED) is 0.117. The Kier molecular flexibility index (Phi) is 12.6. The van der Waals surface area contributed by atoms with Crippen molar-refractivity contribution in [2.45, 2.75) is 38.7 Å². The number of nitrogens with one attached hydrogen (secondary N) is 1. The molecule has 2 aliphatic rings. The number of carbonyl (C=O) groups excluding carboxylic acids is 3. The highest BCUT2D eigenvalue weighted by Gasteiger charge is 2.37. The number of alkyl halides is 6. The Bertz CT molecular complexity index is 1980. The molecule has 3 aromatic rings. The lowest BCUT2D eigenvalue weighted by Gasteiger charge is -2.36. The molecule has 5 rings (SSSR count). The molecule has 55 heavy (non-hydrogen) atoms. The minimum absolute atomic E-state index is 0.0211. The molecule has 2 aliphatic heterocycles. The molecule has 18 heteroatoms. The molecule has 0 spiro atoms. The van der Waals surface area contributed by atoms with Gasteiger partial charge in [-0.05, 0) is 85.6 Å². The van der Waals surface area contributed by atoms with Crippen molar-refractivity contribution < 1.29 is 55.4 Å². The van der Waals surface area contributed by atoms with E-state index in [4.69, 9.17) is 22.1 Å². The van der Waals surface area contributed by atoms with Crippen molar-refractivity contribution in [2.24, 2.45) is 0 Å². The molecule has 0 bridgehead atoms. The second kappa shape index (κ2) is 16.8. The molecule has 2 saturated heterocycles. The smallest absolute Gasteiger partial charge is 0.416 e. The molecule has 0 unspecified atom stereocenters. The Morgan fingerprint density at radius 2 is 1.53 bits per heavy atom. The van der Waals surface area contributed by atoms with Crippen LogP contribution < -0.4 is 10.1 Å². The van der Waals surface area contributed by atoms with Gasteiger partial charge in [0.2, 0.25) is 5.91 Å². The van der Waals surface area contributed by atoms with Crippen molar-refractivity contribution in [3.8, 4) is 16.9 Å². The predicted octanol–water partition coefficient (Wildman–Crippen LogP) is 7.25. The number of piperazine rings is 1. The molecule has 0 atom stereocenters. The third-order valence-electron chi connectivity index (χ3n) is 8.82. The van der Waals surface area contributed by atoms with Gasteiger partial charge in [-0.15, -0.1) is 0 Å². The van der Waals surface area contributed by atoms with Crippen molar-refractivity contribution in [2.75, 3.05) is 44.6 Å². The van der Waals surface area contributed by atoms with Gasteiger partial charge in [-0.3, -0.25) is 24.2 Å². The number of thioether (sulfide) groups is 1. The molecule has 0 saturated carbocycles. The highest BCUT2D eigenvalue weighted by molar-refractivity contribution is 8.26. The van der Waals surface area contributed by atoms with E-state index in [1.165, 1.54) is 48.5 Å². The van der Waals surface area contributed by atoms with Crippen LogP contribution >= 0.6 is 24.0 Å². The van der Waals surface area contributed by atoms with Crippen LogP contribution in [0, 0.1) is 0 Å². The lowest BCUT2D eigenvalue weighted by molar-refractivity contribution is -0.143. The Morgan fingerprint density at radius 3 is 2.09 bits per heavy atom. The number of hydrogen-bond donors (Lipinski definition) is 2. The average molecular weight is 809 g/mol. The van der Waals surface area contributed by atoms with Gasteiger partial charge in [0.25, 0.3) is 11.8 Å². The number of anilines is 1. The summed E-state index contributed by atoms with van der Waals surface area (Å²) in [6.45, 7) is 5.75. The first-order valence-corrected chi connectivity index (χ1v) is 18.0. The standard InChI is InChI=1S/C37H34F6N4O6S2/c1-21(2)45-11-13-46(14-12-45)32(49)20-53-29-8-5-23(24-16-26(36(38,39)40)19-27(17-24)37(41,42)43)15-25(29)18-30-33(50)47(35(54)55-30)10-9-31(48)44-28-6-3-22(4-7-28)34(51)52/h3-8,15-19,21H,9-14,20H2,1-2H3,(H,44,48)(H,51,52). The summed E-state index contributed by atoms with van der Waals surface area (Å²) in [5, 5.41) is 11.7. The maximum atomic E-state index is 13.7. The van der Waals surface area contributed by atoms with Gasteiger partial charge in [0.05, 0.1) is 21.6 Å². The molecule has 292 valence electrons. The van der Waals surface area contributed by atoms with Crippen LogP contribution in [0.3, 0.4) is 0 Å². The average Bonchev–Trinajstić information content (AvgIpc) is 3.39. The summed E-state index contributed by atoms with van der Waals surface area (Å²) in [5.41, 5.74) is -3.06. The first kappa shape index (κ1) is 41.2. The number of carbonyl (C=O) groups is 4. The fourth-order valence-corrected chi connectivity index (χ4v) is 7.08. The van der Waals surface area contributed by atoms with Crippen LogP contribution in [0.2, 0.25) is 0 Å². The second-order valence-corrected chi connectivity index (χ2v) is 14.5. The summed E-state index contributed by atoms with van der Waals surface area (Å²) in [6, 6.07) is 10.7. The lowest BCUT2D eigenvalue weighted by atomic mass is 9.97. The number of halogens is 6. The van der Waals surface area contributed by atoms with E-state index in [1.807, 2.05) is 13.8 Å². The van der Waals surface area contributed by atoms with Crippen LogP contribution in [0.25, 0.3) is 17.2 Å². The van der Waals surface area contributed by atoms with Gasteiger partial charge in [0, 0.05) is 56.4 Å². The number of hydrogen-bond acceptors (Lipinski definition) is 8. The summed E-state index contributed by atoms with van der Waals surface area (Å²) in [7, 11) is 0. The van der Waals surface area contributed by atoms with Crippen molar-refractivity contribution in [1.29, 1.82) is 0 Å². The van der Waals surface area contributed by atoms with Crippen LogP contribution in [-0.4, -0.2) is 93.2 Å². The van der Waals surface area contributed by atoms with Crippen LogP contribution in [-0.2, 0) is 26.7 Å². The van der Waals surface area contributed by atoms with Gasteiger partial charge in [-0.1, -0.05) is 30.0 Å². The monoisotopic (exact) mass is 808 g/mol. The van der Waals surface area contributed by atoms with Gasteiger partial charge in [0.1, 0.15) is 10.1 Å². The number of amides is 3. The molecule has 2 fully saturated rings. The fourth-order valence-electron chi connectivity index (χ4n) is 5.78. The van der Waals surface area contributed by atoms with Crippen molar-refractivity contribution in [3.63, 3.8) is 0 Å². The molecule has 0 radical (unpaired) electrons. The van der Waals surface area contributed by atoms with Crippen LogP contribution in [0.4, 0.5) is 32.0 Å². The Hall–Kier alpha value is -4.94. The van der Waals surface area contributed by atoms with Gasteiger partial charge >= 0.3 is 18.3 Å². The topological polar surface area (TPSA) is 119 Å². The highest BCUT2D eigenvalue weighted by Crippen LogP contribution is 2.40.